The molecule has 1 unspecified atom stereocenters. The number of aliphatic hydroxyl groups is 1. The average molecular weight is 474 g/mol. The van der Waals surface area contributed by atoms with E-state index in [0.717, 1.165) is 0 Å². The first-order chi connectivity index (χ1) is 15.7. The van der Waals surface area contributed by atoms with E-state index >= 15 is 0 Å². The molecule has 0 aliphatic rings. The molecule has 0 aliphatic carbocycles. The predicted molar refractivity (Wildman–Crippen MR) is 118 cm³/mol. The largest absolute Gasteiger partial charge is 0.423 e. The fourth-order valence-corrected chi connectivity index (χ4v) is 4.31. The van der Waals surface area contributed by atoms with Crippen molar-refractivity contribution in [3.63, 3.8) is 0 Å². The molecular formula is C24H16ClF4N3O. The Balaban J connectivity index is 1.60. The number of fused-ring (bicyclic) bond motifs is 2. The van der Waals surface area contributed by atoms with Gasteiger partial charge in [-0.1, -0.05) is 29.8 Å². The van der Waals surface area contributed by atoms with Crippen molar-refractivity contribution < 1.29 is 22.7 Å². The van der Waals surface area contributed by atoms with Crippen molar-refractivity contribution in [3.8, 4) is 5.69 Å². The Hall–Kier alpha value is -3.36. The molecule has 5 rings (SSSR count). The molecule has 168 valence electrons. The van der Waals surface area contributed by atoms with Crippen molar-refractivity contribution in [2.45, 2.75) is 18.3 Å². The van der Waals surface area contributed by atoms with Crippen LogP contribution in [0.5, 0.6) is 0 Å². The molecule has 0 aliphatic heterocycles. The third-order valence-electron chi connectivity index (χ3n) is 5.72. The predicted octanol–water partition coefficient (Wildman–Crippen LogP) is 6.22. The van der Waals surface area contributed by atoms with Crippen LogP contribution >= 0.6 is 11.6 Å². The van der Waals surface area contributed by atoms with Crippen molar-refractivity contribution in [3.05, 3.63) is 95.5 Å². The molecule has 0 saturated heterocycles. The highest BCUT2D eigenvalue weighted by molar-refractivity contribution is 6.35. The molecule has 2 heterocycles. The number of aromatic nitrogens is 3. The fraction of sp³-hybridized carbons (Fsp3) is 0.125. The molecule has 33 heavy (non-hydrogen) atoms. The Morgan fingerprint density at radius 3 is 2.42 bits per heavy atom. The number of halogens is 5. The van der Waals surface area contributed by atoms with Gasteiger partial charge in [0, 0.05) is 17.0 Å². The van der Waals surface area contributed by atoms with Crippen LogP contribution in [-0.2, 0) is 12.1 Å². The summed E-state index contributed by atoms with van der Waals surface area (Å²) in [5, 5.41) is 16.6. The number of nitrogens with zero attached hydrogens (tertiary/aromatic N) is 3. The minimum Gasteiger partial charge on any atom is -0.375 e. The summed E-state index contributed by atoms with van der Waals surface area (Å²) in [5.41, 5.74) is -2.02. The monoisotopic (exact) mass is 473 g/mol. The van der Waals surface area contributed by atoms with Gasteiger partial charge in [0.1, 0.15) is 5.82 Å². The summed E-state index contributed by atoms with van der Waals surface area (Å²) in [6.07, 6.45) is -2.09. The minimum atomic E-state index is -4.97. The first-order valence-corrected chi connectivity index (χ1v) is 10.3. The Morgan fingerprint density at radius 2 is 1.70 bits per heavy atom. The highest BCUT2D eigenvalue weighted by Gasteiger charge is 2.55. The lowest BCUT2D eigenvalue weighted by molar-refractivity contribution is -0.271. The molecule has 1 atom stereocenters. The standard InChI is InChI=1S/C24H16ClF4N3O/c25-20-3-1-2-15-10-11-31(22(15)20)14-23(33,24(27,28)29)17-4-9-21-16(12-17)13-30-32(21)19-7-5-18(26)6-8-19/h1-13,33H,14H2. The lowest BCUT2D eigenvalue weighted by Gasteiger charge is -2.32. The zero-order chi connectivity index (χ0) is 23.4. The summed E-state index contributed by atoms with van der Waals surface area (Å²) in [7, 11) is 0. The quantitative estimate of drug-likeness (QED) is 0.315. The Morgan fingerprint density at radius 1 is 0.939 bits per heavy atom. The molecule has 4 nitrogen and oxygen atoms in total. The van der Waals surface area contributed by atoms with E-state index in [9.17, 15) is 22.7 Å². The summed E-state index contributed by atoms with van der Waals surface area (Å²) in [5.74, 6) is -0.412. The van der Waals surface area contributed by atoms with Crippen LogP contribution < -0.4 is 0 Å². The van der Waals surface area contributed by atoms with Gasteiger partial charge in [-0.3, -0.25) is 0 Å². The fourth-order valence-electron chi connectivity index (χ4n) is 4.02. The van der Waals surface area contributed by atoms with Gasteiger partial charge in [0.2, 0.25) is 5.60 Å². The third-order valence-corrected chi connectivity index (χ3v) is 6.03. The summed E-state index contributed by atoms with van der Waals surface area (Å²) in [4.78, 5) is 0. The first-order valence-electron chi connectivity index (χ1n) is 9.94. The molecule has 3 aromatic carbocycles. The molecular weight excluding hydrogens is 458 g/mol. The van der Waals surface area contributed by atoms with Crippen molar-refractivity contribution in [2.24, 2.45) is 0 Å². The van der Waals surface area contributed by atoms with Crippen molar-refractivity contribution in [1.29, 1.82) is 0 Å². The Bertz CT molecular complexity index is 1470. The molecule has 5 aromatic rings. The molecule has 9 heteroatoms. The smallest absolute Gasteiger partial charge is 0.375 e. The van der Waals surface area contributed by atoms with Gasteiger partial charge in [0.25, 0.3) is 0 Å². The first kappa shape index (κ1) is 21.5. The Labute approximate surface area is 190 Å². The van der Waals surface area contributed by atoms with E-state index in [-0.39, 0.29) is 10.6 Å². The van der Waals surface area contributed by atoms with Gasteiger partial charge in [-0.25, -0.2) is 9.07 Å². The number of para-hydroxylation sites is 1. The van der Waals surface area contributed by atoms with E-state index in [1.165, 1.54) is 64.1 Å². The summed E-state index contributed by atoms with van der Waals surface area (Å²) in [6, 6.07) is 16.2. The molecule has 2 aromatic heterocycles. The van der Waals surface area contributed by atoms with Crippen LogP contribution in [0.1, 0.15) is 5.56 Å². The molecule has 0 fully saturated rings. The lowest BCUT2D eigenvalue weighted by Crippen LogP contribution is -2.45. The lowest BCUT2D eigenvalue weighted by atomic mass is 9.91. The summed E-state index contributed by atoms with van der Waals surface area (Å²) >= 11 is 6.22. The highest BCUT2D eigenvalue weighted by atomic mass is 35.5. The van der Waals surface area contributed by atoms with Crippen molar-refractivity contribution >= 4 is 33.4 Å². The summed E-state index contributed by atoms with van der Waals surface area (Å²) < 4.78 is 58.7. The van der Waals surface area contributed by atoms with Crippen molar-refractivity contribution in [2.75, 3.05) is 0 Å². The normalized spacial score (nSPS) is 14.1. The number of hydrogen-bond donors (Lipinski definition) is 1. The van der Waals surface area contributed by atoms with E-state index in [1.54, 1.807) is 24.3 Å². The maximum absolute atomic E-state index is 14.2. The maximum atomic E-state index is 14.2. The molecule has 0 saturated carbocycles. The van der Waals surface area contributed by atoms with Crippen LogP contribution in [0.25, 0.3) is 27.5 Å². The summed E-state index contributed by atoms with van der Waals surface area (Å²) in [6.45, 7) is -0.776. The van der Waals surface area contributed by atoms with Gasteiger partial charge in [0.15, 0.2) is 0 Å². The number of hydrogen-bond acceptors (Lipinski definition) is 2. The molecule has 0 radical (unpaired) electrons. The van der Waals surface area contributed by atoms with Crippen LogP contribution in [0, 0.1) is 5.82 Å². The highest BCUT2D eigenvalue weighted by Crippen LogP contribution is 2.42. The van der Waals surface area contributed by atoms with Crippen LogP contribution in [0.3, 0.4) is 0 Å². The SMILES string of the molecule is OC(Cn1ccc2cccc(Cl)c21)(c1ccc2c(cnn2-c2ccc(F)cc2)c1)C(F)(F)F. The van der Waals surface area contributed by atoms with E-state index in [1.807, 2.05) is 0 Å². The van der Waals surface area contributed by atoms with E-state index in [2.05, 4.69) is 5.10 Å². The van der Waals surface area contributed by atoms with Crippen LogP contribution in [0.15, 0.2) is 79.1 Å². The topological polar surface area (TPSA) is 43.0 Å². The van der Waals surface area contributed by atoms with Crippen LogP contribution in [0.2, 0.25) is 5.02 Å². The average Bonchev–Trinajstić information content (AvgIpc) is 3.38. The molecule has 0 amide bonds. The second-order valence-electron chi connectivity index (χ2n) is 7.79. The number of rotatable bonds is 4. The number of alkyl halides is 3. The van der Waals surface area contributed by atoms with Crippen LogP contribution in [-0.4, -0.2) is 25.6 Å². The van der Waals surface area contributed by atoms with E-state index < -0.39 is 24.1 Å². The zero-order valence-corrected chi connectivity index (χ0v) is 17.6. The maximum Gasteiger partial charge on any atom is 0.423 e. The second kappa shape index (κ2) is 7.60. The molecule has 0 bridgehead atoms. The van der Waals surface area contributed by atoms with Gasteiger partial charge >= 0.3 is 6.18 Å². The van der Waals surface area contributed by atoms with Gasteiger partial charge in [-0.15, -0.1) is 0 Å². The second-order valence-corrected chi connectivity index (χ2v) is 8.19. The van der Waals surface area contributed by atoms with E-state index in [0.29, 0.717) is 27.5 Å². The minimum absolute atomic E-state index is 0.290. The molecule has 0 spiro atoms. The van der Waals surface area contributed by atoms with Crippen LogP contribution in [0.4, 0.5) is 17.6 Å². The van der Waals surface area contributed by atoms with Gasteiger partial charge < -0.3 is 9.67 Å². The number of benzene rings is 3. The zero-order valence-electron chi connectivity index (χ0n) is 16.9. The van der Waals surface area contributed by atoms with E-state index in [4.69, 9.17) is 11.6 Å². The Kier molecular flexibility index (Phi) is 4.95. The van der Waals surface area contributed by atoms with Gasteiger partial charge in [-0.05, 0) is 54.1 Å². The van der Waals surface area contributed by atoms with Gasteiger partial charge in [0.05, 0.1) is 34.5 Å². The van der Waals surface area contributed by atoms with Crippen molar-refractivity contribution in [1.82, 2.24) is 14.3 Å². The van der Waals surface area contributed by atoms with Gasteiger partial charge in [-0.2, -0.15) is 18.3 Å². The third kappa shape index (κ3) is 3.55. The molecule has 1 N–H and O–H groups in total.